The number of fused-ring (bicyclic) bond motifs is 5. The normalized spacial score (nSPS) is 12.7. The quantitative estimate of drug-likeness (QED) is 0.169. The summed E-state index contributed by atoms with van der Waals surface area (Å²) in [6, 6.07) is 48.0. The second-order valence-electron chi connectivity index (χ2n) is 11.9. The molecule has 0 aliphatic carbocycles. The van der Waals surface area contributed by atoms with Crippen molar-refractivity contribution in [3.05, 3.63) is 181 Å². The highest BCUT2D eigenvalue weighted by atomic mass is 15.0. The zero-order valence-corrected chi connectivity index (χ0v) is 26.5. The number of allylic oxidation sites excluding steroid dienone is 6. The summed E-state index contributed by atoms with van der Waals surface area (Å²) in [4.78, 5) is 0. The van der Waals surface area contributed by atoms with E-state index < -0.39 is 0 Å². The van der Waals surface area contributed by atoms with Gasteiger partial charge >= 0.3 is 0 Å². The van der Waals surface area contributed by atoms with Crippen molar-refractivity contribution in [2.24, 2.45) is 11.5 Å². The molecule has 0 radical (unpaired) electrons. The largest absolute Gasteiger partial charge is 0.405 e. The summed E-state index contributed by atoms with van der Waals surface area (Å²) < 4.78 is 2.40. The minimum Gasteiger partial charge on any atom is -0.405 e. The molecule has 0 aliphatic rings. The van der Waals surface area contributed by atoms with Crippen LogP contribution in [0.5, 0.6) is 0 Å². The Morgan fingerprint density at radius 2 is 1.26 bits per heavy atom. The smallest absolute Gasteiger partial charge is 0.0619 e. The van der Waals surface area contributed by atoms with Crippen LogP contribution in [-0.2, 0) is 0 Å². The number of benzene rings is 6. The lowest BCUT2D eigenvalue weighted by molar-refractivity contribution is 1.18. The molecule has 0 unspecified atom stereocenters. The molecule has 1 aromatic heterocycles. The molecule has 4 N–H and O–H groups in total. The zero-order valence-electron chi connectivity index (χ0n) is 26.5. The van der Waals surface area contributed by atoms with Crippen molar-refractivity contribution < 1.29 is 0 Å². The van der Waals surface area contributed by atoms with Gasteiger partial charge in [0.25, 0.3) is 0 Å². The van der Waals surface area contributed by atoms with E-state index in [1.54, 1.807) is 6.20 Å². The molecule has 0 saturated heterocycles. The molecule has 7 aromatic rings. The molecular weight excluding hydrogens is 571 g/mol. The van der Waals surface area contributed by atoms with E-state index in [1.165, 1.54) is 61.1 Å². The van der Waals surface area contributed by atoms with Crippen LogP contribution in [0.1, 0.15) is 18.9 Å². The molecule has 3 nitrogen and oxygen atoms in total. The van der Waals surface area contributed by atoms with Gasteiger partial charge in [-0.05, 0) is 88.7 Å². The number of hydrogen-bond acceptors (Lipinski definition) is 2. The molecule has 0 fully saturated rings. The van der Waals surface area contributed by atoms with Gasteiger partial charge in [0.2, 0.25) is 0 Å². The fourth-order valence-corrected chi connectivity index (χ4v) is 6.48. The monoisotopic (exact) mass is 607 g/mol. The van der Waals surface area contributed by atoms with Crippen molar-refractivity contribution in [2.75, 3.05) is 0 Å². The fraction of sp³-hybridized carbons (Fsp3) is 0.0455. The Balaban J connectivity index is 1.35. The maximum Gasteiger partial charge on any atom is 0.0619 e. The zero-order chi connectivity index (χ0) is 32.2. The summed E-state index contributed by atoms with van der Waals surface area (Å²) in [6.07, 6.45) is 12.1. The predicted molar refractivity (Wildman–Crippen MR) is 202 cm³/mol. The first-order valence-corrected chi connectivity index (χ1v) is 16.0. The number of para-hydroxylation sites is 1. The van der Waals surface area contributed by atoms with Crippen LogP contribution in [0.4, 0.5) is 0 Å². The van der Waals surface area contributed by atoms with Crippen LogP contribution in [0.25, 0.3) is 66.1 Å². The summed E-state index contributed by atoms with van der Waals surface area (Å²) >= 11 is 0. The molecule has 0 bridgehead atoms. The topological polar surface area (TPSA) is 57.0 Å². The van der Waals surface area contributed by atoms with Crippen molar-refractivity contribution in [3.8, 4) is 27.9 Å². The number of nitrogens with two attached hydrogens (primary N) is 2. The van der Waals surface area contributed by atoms with Gasteiger partial charge in [-0.1, -0.05) is 133 Å². The SMILES string of the molecule is C/C(=C\C(=C/N)c1ccc2c3ccc4cc(-c5ccc(-c6ccccc6)cc5)ccc4c3n(-c3ccccc3)c2c1)C/C=C\C=C/N. The Labute approximate surface area is 276 Å². The van der Waals surface area contributed by atoms with Gasteiger partial charge in [0.1, 0.15) is 0 Å². The number of nitrogens with zero attached hydrogens (tertiary/aromatic N) is 1. The minimum absolute atomic E-state index is 0.819. The van der Waals surface area contributed by atoms with Gasteiger partial charge in [-0.15, -0.1) is 0 Å². The van der Waals surface area contributed by atoms with Crippen LogP contribution in [0.15, 0.2) is 176 Å². The first-order valence-electron chi connectivity index (χ1n) is 16.0. The maximum atomic E-state index is 6.21. The van der Waals surface area contributed by atoms with Crippen LogP contribution >= 0.6 is 0 Å². The Morgan fingerprint density at radius 1 is 0.617 bits per heavy atom. The standard InChI is InChI=1S/C44H37N3/c1-31(11-5-4-10-26-45)27-38(30-46)36-21-24-41-42-25-22-37-28-35(34-18-16-33(17-19-34)32-12-6-2-7-13-32)20-23-40(37)44(42)47(43(41)29-36)39-14-8-3-9-15-39/h2-10,12-30H,11,45-46H2,1H3/b5-4-,26-10-,31-27+,38-30+. The van der Waals surface area contributed by atoms with Crippen molar-refractivity contribution in [1.29, 1.82) is 0 Å². The average molecular weight is 608 g/mol. The Kier molecular flexibility index (Phi) is 8.27. The molecule has 0 amide bonds. The van der Waals surface area contributed by atoms with Gasteiger partial charge in [0.05, 0.1) is 11.0 Å². The molecule has 3 heteroatoms. The molecule has 0 spiro atoms. The fourth-order valence-electron chi connectivity index (χ4n) is 6.48. The lowest BCUT2D eigenvalue weighted by Crippen LogP contribution is -1.95. The average Bonchev–Trinajstić information content (AvgIpc) is 3.47. The van der Waals surface area contributed by atoms with Crippen LogP contribution in [-0.4, -0.2) is 4.57 Å². The lowest BCUT2D eigenvalue weighted by atomic mass is 9.97. The lowest BCUT2D eigenvalue weighted by Gasteiger charge is -2.12. The second kappa shape index (κ2) is 13.1. The number of hydrogen-bond donors (Lipinski definition) is 2. The molecule has 6 aromatic carbocycles. The molecule has 0 atom stereocenters. The predicted octanol–water partition coefficient (Wildman–Crippen LogP) is 10.9. The van der Waals surface area contributed by atoms with E-state index >= 15 is 0 Å². The second-order valence-corrected chi connectivity index (χ2v) is 11.9. The third-order valence-electron chi connectivity index (χ3n) is 8.80. The van der Waals surface area contributed by atoms with Crippen molar-refractivity contribution >= 4 is 38.2 Å². The summed E-state index contributed by atoms with van der Waals surface area (Å²) in [5.74, 6) is 0. The molecular formula is C44H37N3. The molecule has 47 heavy (non-hydrogen) atoms. The Hall–Kier alpha value is -6.06. The number of rotatable bonds is 8. The van der Waals surface area contributed by atoms with E-state index in [9.17, 15) is 0 Å². The van der Waals surface area contributed by atoms with Crippen molar-refractivity contribution in [3.63, 3.8) is 0 Å². The van der Waals surface area contributed by atoms with Gasteiger partial charge < -0.3 is 16.0 Å². The van der Waals surface area contributed by atoms with Crippen molar-refractivity contribution in [2.45, 2.75) is 13.3 Å². The third-order valence-corrected chi connectivity index (χ3v) is 8.80. The van der Waals surface area contributed by atoms with Crippen molar-refractivity contribution in [1.82, 2.24) is 4.57 Å². The molecule has 0 saturated carbocycles. The first kappa shape index (κ1) is 29.6. The Morgan fingerprint density at radius 3 is 1.98 bits per heavy atom. The molecule has 0 aliphatic heterocycles. The maximum absolute atomic E-state index is 6.21. The molecule has 1 heterocycles. The van der Waals surface area contributed by atoms with E-state index in [2.05, 4.69) is 157 Å². The summed E-state index contributed by atoms with van der Waals surface area (Å²) in [5.41, 5.74) is 23.3. The van der Waals surface area contributed by atoms with E-state index in [1.807, 2.05) is 12.2 Å². The minimum atomic E-state index is 0.819. The van der Waals surface area contributed by atoms with E-state index in [0.29, 0.717) is 0 Å². The van der Waals surface area contributed by atoms with E-state index in [0.717, 1.165) is 28.8 Å². The van der Waals surface area contributed by atoms with Gasteiger partial charge in [0, 0.05) is 28.0 Å². The van der Waals surface area contributed by atoms with Crippen LogP contribution in [0, 0.1) is 0 Å². The molecule has 7 rings (SSSR count). The highest BCUT2D eigenvalue weighted by Crippen LogP contribution is 2.39. The molecule has 228 valence electrons. The van der Waals surface area contributed by atoms with Crippen LogP contribution in [0.3, 0.4) is 0 Å². The van der Waals surface area contributed by atoms with Gasteiger partial charge in [-0.2, -0.15) is 0 Å². The third kappa shape index (κ3) is 5.87. The summed E-state index contributed by atoms with van der Waals surface area (Å²) in [6.45, 7) is 2.12. The van der Waals surface area contributed by atoms with Gasteiger partial charge in [-0.3, -0.25) is 0 Å². The number of aromatic nitrogens is 1. The van der Waals surface area contributed by atoms with Gasteiger partial charge in [-0.25, -0.2) is 0 Å². The summed E-state index contributed by atoms with van der Waals surface area (Å²) in [5, 5.41) is 4.87. The van der Waals surface area contributed by atoms with E-state index in [-0.39, 0.29) is 0 Å². The highest BCUT2D eigenvalue weighted by molar-refractivity contribution is 6.19. The summed E-state index contributed by atoms with van der Waals surface area (Å²) in [7, 11) is 0. The van der Waals surface area contributed by atoms with E-state index in [4.69, 9.17) is 11.5 Å². The van der Waals surface area contributed by atoms with Gasteiger partial charge in [0.15, 0.2) is 0 Å². The first-order chi connectivity index (χ1) is 23.1. The van der Waals surface area contributed by atoms with Crippen LogP contribution in [0.2, 0.25) is 0 Å². The Bertz CT molecular complexity index is 2320. The van der Waals surface area contributed by atoms with Crippen LogP contribution < -0.4 is 11.5 Å². The highest BCUT2D eigenvalue weighted by Gasteiger charge is 2.16.